The Bertz CT molecular complexity index is 1580. The predicted octanol–water partition coefficient (Wildman–Crippen LogP) is 5.71. The van der Waals surface area contributed by atoms with Gasteiger partial charge in [0.25, 0.3) is 0 Å². The van der Waals surface area contributed by atoms with Gasteiger partial charge in [0.05, 0.1) is 46.5 Å². The molecular weight excluding hydrogens is 610 g/mol. The summed E-state index contributed by atoms with van der Waals surface area (Å²) in [6, 6.07) is 20.6. The molecule has 6 atom stereocenters. The van der Waals surface area contributed by atoms with Crippen LogP contribution in [0.2, 0.25) is 5.02 Å². The predicted molar refractivity (Wildman–Crippen MR) is 178 cm³/mol. The fourth-order valence-electron chi connectivity index (χ4n) is 7.60. The van der Waals surface area contributed by atoms with E-state index in [0.29, 0.717) is 48.0 Å². The molecule has 0 aromatic heterocycles. The number of rotatable bonds is 10. The van der Waals surface area contributed by atoms with Gasteiger partial charge in [-0.1, -0.05) is 54.1 Å². The molecule has 8 nitrogen and oxygen atoms in total. The first kappa shape index (κ1) is 31.5. The van der Waals surface area contributed by atoms with Gasteiger partial charge in [-0.3, -0.25) is 14.4 Å². The second kappa shape index (κ2) is 12.3. The number of halogens is 1. The number of anilines is 2. The lowest BCUT2D eigenvalue weighted by atomic mass is 9.66. The minimum Gasteiger partial charge on any atom is -0.494 e. The Balaban J connectivity index is 1.38. The number of benzene rings is 3. The van der Waals surface area contributed by atoms with Gasteiger partial charge in [-0.2, -0.15) is 0 Å². The van der Waals surface area contributed by atoms with E-state index in [1.807, 2.05) is 63.2 Å². The number of carbonyl (C=O) groups excluding carboxylic acids is 3. The first-order chi connectivity index (χ1) is 21.6. The summed E-state index contributed by atoms with van der Waals surface area (Å²) in [6.45, 7) is 6.01. The quantitative estimate of drug-likeness (QED) is 0.260. The highest BCUT2D eigenvalue weighted by atomic mass is 35.5. The van der Waals surface area contributed by atoms with Crippen molar-refractivity contribution >= 4 is 52.5 Å². The first-order valence-electron chi connectivity index (χ1n) is 15.4. The molecule has 2 unspecified atom stereocenters. The number of ether oxygens (including phenoxy) is 1. The highest BCUT2D eigenvalue weighted by Crippen LogP contribution is 2.71. The van der Waals surface area contributed by atoms with E-state index in [1.54, 1.807) is 47.0 Å². The monoisotopic (exact) mass is 647 g/mol. The molecule has 6 rings (SSSR count). The molecule has 236 valence electrons. The molecule has 3 amide bonds. The Morgan fingerprint density at radius 1 is 1.04 bits per heavy atom. The van der Waals surface area contributed by atoms with Gasteiger partial charge in [-0.25, -0.2) is 0 Å². The Hall–Kier alpha value is -3.53. The maximum atomic E-state index is 14.7. The van der Waals surface area contributed by atoms with Crippen molar-refractivity contribution in [1.82, 2.24) is 4.90 Å². The molecular formula is C35H38ClN3O5S. The Morgan fingerprint density at radius 2 is 1.78 bits per heavy atom. The number of fused-ring (bicyclic) bond motifs is 1. The zero-order valence-corrected chi connectivity index (χ0v) is 27.2. The van der Waals surface area contributed by atoms with Gasteiger partial charge in [0.2, 0.25) is 17.7 Å². The second-order valence-electron chi connectivity index (χ2n) is 12.4. The van der Waals surface area contributed by atoms with Crippen molar-refractivity contribution < 1.29 is 24.2 Å². The number of likely N-dealkylation sites (tertiary alicyclic amines) is 1. The van der Waals surface area contributed by atoms with Gasteiger partial charge in [0.15, 0.2) is 0 Å². The number of nitrogens with one attached hydrogen (secondary N) is 2. The first-order valence-corrected chi connectivity index (χ1v) is 16.6. The smallest absolute Gasteiger partial charge is 0.248 e. The Kier molecular flexibility index (Phi) is 8.63. The van der Waals surface area contributed by atoms with Gasteiger partial charge >= 0.3 is 0 Å². The van der Waals surface area contributed by atoms with Crippen LogP contribution < -0.4 is 15.4 Å². The van der Waals surface area contributed by atoms with Crippen LogP contribution in [0, 0.1) is 18.8 Å². The summed E-state index contributed by atoms with van der Waals surface area (Å²) >= 11 is 8.11. The van der Waals surface area contributed by atoms with Crippen molar-refractivity contribution in [2.75, 3.05) is 23.8 Å². The highest BCUT2D eigenvalue weighted by molar-refractivity contribution is 8.02. The van der Waals surface area contributed by atoms with Gasteiger partial charge in [0, 0.05) is 10.4 Å². The van der Waals surface area contributed by atoms with Crippen molar-refractivity contribution in [3.8, 4) is 5.75 Å². The number of amides is 3. The SMILES string of the molecule is CCOc1ccc(NC(=O)[C@H]2[C@H]3C(=O)N([C@@H](CO)Cc4ccccc4)C(C(=O)Nc4c(C)cccc4Cl)C34CC[C@]2(C)S4)cc1. The second-order valence-corrected chi connectivity index (χ2v) is 14.7. The number of nitrogens with zero attached hydrogens (tertiary/aromatic N) is 1. The van der Waals surface area contributed by atoms with Crippen LogP contribution in [0.25, 0.3) is 0 Å². The van der Waals surface area contributed by atoms with Crippen LogP contribution in [0.15, 0.2) is 72.8 Å². The third kappa shape index (κ3) is 5.49. The number of para-hydroxylation sites is 1. The van der Waals surface area contributed by atoms with Crippen LogP contribution in [0.5, 0.6) is 5.75 Å². The topological polar surface area (TPSA) is 108 Å². The maximum absolute atomic E-state index is 14.7. The molecule has 0 saturated carbocycles. The molecule has 3 aliphatic rings. The van der Waals surface area contributed by atoms with Crippen molar-refractivity contribution in [3.05, 3.63) is 88.9 Å². The minimum absolute atomic E-state index is 0.249. The summed E-state index contributed by atoms with van der Waals surface area (Å²) in [5.41, 5.74) is 2.84. The van der Waals surface area contributed by atoms with E-state index in [0.717, 1.165) is 11.1 Å². The van der Waals surface area contributed by atoms with Crippen LogP contribution in [0.1, 0.15) is 37.8 Å². The molecule has 3 N–H and O–H groups in total. The molecule has 0 aliphatic carbocycles. The largest absolute Gasteiger partial charge is 0.494 e. The van der Waals surface area contributed by atoms with E-state index in [1.165, 1.54) is 0 Å². The number of carbonyl (C=O) groups is 3. The van der Waals surface area contributed by atoms with E-state index in [2.05, 4.69) is 10.6 Å². The lowest BCUT2D eigenvalue weighted by Crippen LogP contribution is -2.55. The lowest BCUT2D eigenvalue weighted by molar-refractivity contribution is -0.141. The van der Waals surface area contributed by atoms with Crippen LogP contribution in [-0.4, -0.2) is 62.5 Å². The number of thioether (sulfide) groups is 1. The molecule has 3 saturated heterocycles. The van der Waals surface area contributed by atoms with Crippen molar-refractivity contribution in [1.29, 1.82) is 0 Å². The summed E-state index contributed by atoms with van der Waals surface area (Å²) in [5, 5.41) is 17.2. The molecule has 45 heavy (non-hydrogen) atoms. The van der Waals surface area contributed by atoms with E-state index in [9.17, 15) is 19.5 Å². The molecule has 2 bridgehead atoms. The number of aryl methyl sites for hydroxylation is 1. The van der Waals surface area contributed by atoms with Crippen molar-refractivity contribution in [3.63, 3.8) is 0 Å². The lowest BCUT2D eigenvalue weighted by Gasteiger charge is -2.37. The van der Waals surface area contributed by atoms with Crippen LogP contribution >= 0.6 is 23.4 Å². The molecule has 3 heterocycles. The summed E-state index contributed by atoms with van der Waals surface area (Å²) in [5.74, 6) is -1.59. The molecule has 1 spiro atoms. The average molecular weight is 648 g/mol. The standard InChI is InChI=1S/C35H38ClN3O5S/c1-4-44-25-15-13-23(14-16-25)37-31(41)27-28-33(43)39(24(20-40)19-22-10-6-5-7-11-22)30(35(28)18-17-34(27,3)45-35)32(42)38-29-21(2)9-8-12-26(29)36/h5-16,24,27-28,30,40H,4,17-20H2,1-3H3,(H,37,41)(H,38,42)/t24-,27-,28+,30?,34+,35?/m1/s1. The maximum Gasteiger partial charge on any atom is 0.248 e. The number of hydrogen-bond donors (Lipinski definition) is 3. The number of aliphatic hydroxyl groups excluding tert-OH is 1. The molecule has 3 aromatic carbocycles. The molecule has 3 aliphatic heterocycles. The summed E-state index contributed by atoms with van der Waals surface area (Å²) in [7, 11) is 0. The minimum atomic E-state index is -0.915. The zero-order valence-electron chi connectivity index (χ0n) is 25.6. The van der Waals surface area contributed by atoms with Gasteiger partial charge < -0.3 is 25.4 Å². The number of aliphatic hydroxyl groups is 1. The molecule has 3 aromatic rings. The van der Waals surface area contributed by atoms with Gasteiger partial charge in [0.1, 0.15) is 11.8 Å². The van der Waals surface area contributed by atoms with E-state index in [-0.39, 0.29) is 24.3 Å². The summed E-state index contributed by atoms with van der Waals surface area (Å²) in [6.07, 6.45) is 1.64. The number of hydrogen-bond acceptors (Lipinski definition) is 6. The zero-order chi connectivity index (χ0) is 31.9. The third-order valence-electron chi connectivity index (χ3n) is 9.57. The fraction of sp³-hybridized carbons (Fsp3) is 0.400. The van der Waals surface area contributed by atoms with Crippen molar-refractivity contribution in [2.24, 2.45) is 11.8 Å². The fourth-order valence-corrected chi connectivity index (χ4v) is 10.2. The average Bonchev–Trinajstić information content (AvgIpc) is 3.60. The van der Waals surface area contributed by atoms with Crippen molar-refractivity contribution in [2.45, 2.75) is 61.6 Å². The van der Waals surface area contributed by atoms with Gasteiger partial charge in [-0.05, 0) is 81.5 Å². The molecule has 3 fully saturated rings. The molecule has 0 radical (unpaired) electrons. The van der Waals surface area contributed by atoms with Crippen LogP contribution in [0.3, 0.4) is 0 Å². The van der Waals surface area contributed by atoms with Gasteiger partial charge in [-0.15, -0.1) is 11.8 Å². The molecule has 10 heteroatoms. The third-order valence-corrected chi connectivity index (χ3v) is 11.9. The normalized spacial score (nSPS) is 27.3. The Morgan fingerprint density at radius 3 is 2.44 bits per heavy atom. The van der Waals surface area contributed by atoms with E-state index < -0.39 is 33.4 Å². The Labute approximate surface area is 272 Å². The van der Waals surface area contributed by atoms with Crippen LogP contribution in [-0.2, 0) is 20.8 Å². The van der Waals surface area contributed by atoms with E-state index in [4.69, 9.17) is 16.3 Å². The summed E-state index contributed by atoms with van der Waals surface area (Å²) in [4.78, 5) is 44.8. The van der Waals surface area contributed by atoms with E-state index >= 15 is 0 Å². The summed E-state index contributed by atoms with van der Waals surface area (Å²) < 4.78 is 4.14. The highest BCUT2D eigenvalue weighted by Gasteiger charge is 2.77. The van der Waals surface area contributed by atoms with Crippen LogP contribution in [0.4, 0.5) is 11.4 Å².